The maximum Gasteiger partial charge on any atom is 0.220 e. The Hall–Kier alpha value is -0.280. The fourth-order valence-corrected chi connectivity index (χ4v) is 2.15. The van der Waals surface area contributed by atoms with Crippen molar-refractivity contribution in [3.63, 3.8) is 0 Å². The van der Waals surface area contributed by atoms with Crippen LogP contribution in [0.15, 0.2) is 0 Å². The van der Waals surface area contributed by atoms with Crippen molar-refractivity contribution in [2.24, 2.45) is 5.73 Å². The van der Waals surface area contributed by atoms with E-state index in [1.165, 1.54) is 32.1 Å². The molecule has 0 aromatic rings. The summed E-state index contributed by atoms with van der Waals surface area (Å²) in [5.74, 6) is 0.235. The van der Waals surface area contributed by atoms with Crippen LogP contribution in [0.4, 0.5) is 0 Å². The van der Waals surface area contributed by atoms with E-state index in [1.807, 2.05) is 0 Å². The van der Waals surface area contributed by atoms with Crippen molar-refractivity contribution >= 4 is 18.3 Å². The summed E-state index contributed by atoms with van der Waals surface area (Å²) in [6.45, 7) is 0.740. The maximum absolute atomic E-state index is 11.5. The number of hydrogen-bond donors (Lipinski definition) is 2. The Morgan fingerprint density at radius 3 is 2.44 bits per heavy atom. The lowest BCUT2D eigenvalue weighted by atomic mass is 9.95. The van der Waals surface area contributed by atoms with E-state index in [0.29, 0.717) is 12.5 Å². The summed E-state index contributed by atoms with van der Waals surface area (Å²) in [6.07, 6.45) is 10.0. The van der Waals surface area contributed by atoms with Crippen molar-refractivity contribution < 1.29 is 4.79 Å². The van der Waals surface area contributed by atoms with Crippen LogP contribution in [-0.2, 0) is 4.79 Å². The molecule has 3 N–H and O–H groups in total. The molecule has 96 valence electrons. The molecule has 1 aliphatic rings. The Balaban J connectivity index is 0.00000225. The number of carbonyl (C=O) groups excluding carboxylic acids is 1. The number of unbranched alkanes of at least 4 members (excludes halogenated alkanes) is 2. The molecule has 0 aliphatic heterocycles. The second-order valence-electron chi connectivity index (χ2n) is 4.50. The van der Waals surface area contributed by atoms with E-state index in [9.17, 15) is 4.79 Å². The Kier molecular flexibility index (Phi) is 9.74. The van der Waals surface area contributed by atoms with E-state index in [1.54, 1.807) is 0 Å². The second kappa shape index (κ2) is 9.91. The van der Waals surface area contributed by atoms with Gasteiger partial charge in [-0.05, 0) is 32.2 Å². The van der Waals surface area contributed by atoms with Crippen LogP contribution in [-0.4, -0.2) is 18.5 Å². The third kappa shape index (κ3) is 7.07. The summed E-state index contributed by atoms with van der Waals surface area (Å²) in [5.41, 5.74) is 5.39. The summed E-state index contributed by atoms with van der Waals surface area (Å²) in [5, 5.41) is 3.13. The van der Waals surface area contributed by atoms with Gasteiger partial charge >= 0.3 is 0 Å². The molecule has 0 unspecified atom stereocenters. The van der Waals surface area contributed by atoms with Crippen molar-refractivity contribution in [2.45, 2.75) is 63.8 Å². The standard InChI is InChI=1S/C12H24N2O.ClH/c13-10-6-2-5-9-12(15)14-11-7-3-1-4-8-11;/h11H,1-10,13H2,(H,14,15);1H. The van der Waals surface area contributed by atoms with Crippen LogP contribution in [0.25, 0.3) is 0 Å². The summed E-state index contributed by atoms with van der Waals surface area (Å²) in [7, 11) is 0. The van der Waals surface area contributed by atoms with E-state index >= 15 is 0 Å². The molecule has 1 fully saturated rings. The topological polar surface area (TPSA) is 55.1 Å². The van der Waals surface area contributed by atoms with Crippen LogP contribution in [0.2, 0.25) is 0 Å². The van der Waals surface area contributed by atoms with Crippen LogP contribution >= 0.6 is 12.4 Å². The van der Waals surface area contributed by atoms with Crippen molar-refractivity contribution in [3.05, 3.63) is 0 Å². The number of nitrogens with one attached hydrogen (secondary N) is 1. The summed E-state index contributed by atoms with van der Waals surface area (Å²) >= 11 is 0. The van der Waals surface area contributed by atoms with Gasteiger partial charge in [0.2, 0.25) is 5.91 Å². The summed E-state index contributed by atoms with van der Waals surface area (Å²) < 4.78 is 0. The first kappa shape index (κ1) is 15.7. The van der Waals surface area contributed by atoms with Crippen molar-refractivity contribution in [1.82, 2.24) is 5.32 Å². The third-order valence-electron chi connectivity index (χ3n) is 3.08. The van der Waals surface area contributed by atoms with E-state index < -0.39 is 0 Å². The highest BCUT2D eigenvalue weighted by molar-refractivity contribution is 5.85. The van der Waals surface area contributed by atoms with Gasteiger partial charge < -0.3 is 11.1 Å². The first-order valence-electron chi connectivity index (χ1n) is 6.32. The number of rotatable bonds is 6. The molecule has 0 spiro atoms. The minimum atomic E-state index is 0. The quantitative estimate of drug-likeness (QED) is 0.709. The van der Waals surface area contributed by atoms with Crippen molar-refractivity contribution in [1.29, 1.82) is 0 Å². The van der Waals surface area contributed by atoms with Gasteiger partial charge in [-0.2, -0.15) is 0 Å². The van der Waals surface area contributed by atoms with Crippen LogP contribution < -0.4 is 11.1 Å². The summed E-state index contributed by atoms with van der Waals surface area (Å²) in [4.78, 5) is 11.5. The zero-order valence-electron chi connectivity index (χ0n) is 10.0. The minimum Gasteiger partial charge on any atom is -0.353 e. The Bertz CT molecular complexity index is 182. The van der Waals surface area contributed by atoms with E-state index in [0.717, 1.165) is 25.8 Å². The molecule has 0 heterocycles. The molecular formula is C12H25ClN2O. The minimum absolute atomic E-state index is 0. The number of halogens is 1. The predicted octanol–water partition coefficient (Wildman–Crippen LogP) is 2.38. The highest BCUT2D eigenvalue weighted by Crippen LogP contribution is 2.17. The highest BCUT2D eigenvalue weighted by atomic mass is 35.5. The lowest BCUT2D eigenvalue weighted by Crippen LogP contribution is -2.35. The molecule has 1 aliphatic carbocycles. The zero-order chi connectivity index (χ0) is 10.9. The monoisotopic (exact) mass is 248 g/mol. The average Bonchev–Trinajstić information content (AvgIpc) is 2.26. The van der Waals surface area contributed by atoms with Gasteiger partial charge in [-0.3, -0.25) is 4.79 Å². The van der Waals surface area contributed by atoms with Crippen LogP contribution in [0.5, 0.6) is 0 Å². The van der Waals surface area contributed by atoms with Gasteiger partial charge in [-0.25, -0.2) is 0 Å². The van der Waals surface area contributed by atoms with E-state index in [-0.39, 0.29) is 18.3 Å². The molecule has 0 saturated heterocycles. The van der Waals surface area contributed by atoms with Gasteiger partial charge in [0.05, 0.1) is 0 Å². The number of amides is 1. The van der Waals surface area contributed by atoms with Gasteiger partial charge in [-0.1, -0.05) is 25.7 Å². The number of carbonyl (C=O) groups is 1. The molecule has 1 rings (SSSR count). The fraction of sp³-hybridized carbons (Fsp3) is 0.917. The molecule has 0 bridgehead atoms. The lowest BCUT2D eigenvalue weighted by Gasteiger charge is -2.22. The smallest absolute Gasteiger partial charge is 0.220 e. The zero-order valence-corrected chi connectivity index (χ0v) is 10.9. The first-order chi connectivity index (χ1) is 7.33. The fourth-order valence-electron chi connectivity index (χ4n) is 2.15. The first-order valence-corrected chi connectivity index (χ1v) is 6.32. The molecule has 0 aromatic carbocycles. The molecule has 16 heavy (non-hydrogen) atoms. The molecular weight excluding hydrogens is 224 g/mol. The molecule has 4 heteroatoms. The molecule has 1 amide bonds. The average molecular weight is 249 g/mol. The van der Waals surface area contributed by atoms with Gasteiger partial charge in [0.15, 0.2) is 0 Å². The lowest BCUT2D eigenvalue weighted by molar-refractivity contribution is -0.122. The molecule has 0 aromatic heterocycles. The maximum atomic E-state index is 11.5. The number of hydrogen-bond acceptors (Lipinski definition) is 2. The van der Waals surface area contributed by atoms with E-state index in [4.69, 9.17) is 5.73 Å². The molecule has 0 atom stereocenters. The van der Waals surface area contributed by atoms with Gasteiger partial charge in [0, 0.05) is 12.5 Å². The Morgan fingerprint density at radius 2 is 1.81 bits per heavy atom. The molecule has 3 nitrogen and oxygen atoms in total. The van der Waals surface area contributed by atoms with Gasteiger partial charge in [0.1, 0.15) is 0 Å². The number of nitrogens with two attached hydrogens (primary N) is 1. The van der Waals surface area contributed by atoms with Gasteiger partial charge in [0.25, 0.3) is 0 Å². The van der Waals surface area contributed by atoms with Crippen molar-refractivity contribution in [3.8, 4) is 0 Å². The summed E-state index contributed by atoms with van der Waals surface area (Å²) in [6, 6.07) is 0.459. The Morgan fingerprint density at radius 1 is 1.12 bits per heavy atom. The third-order valence-corrected chi connectivity index (χ3v) is 3.08. The SMILES string of the molecule is Cl.NCCCCCC(=O)NC1CCCCC1. The van der Waals surface area contributed by atoms with Crippen molar-refractivity contribution in [2.75, 3.05) is 6.54 Å². The highest BCUT2D eigenvalue weighted by Gasteiger charge is 2.14. The largest absolute Gasteiger partial charge is 0.353 e. The Labute approximate surface area is 105 Å². The second-order valence-corrected chi connectivity index (χ2v) is 4.50. The molecule has 0 radical (unpaired) electrons. The molecule has 1 saturated carbocycles. The van der Waals surface area contributed by atoms with Gasteiger partial charge in [-0.15, -0.1) is 12.4 Å². The normalized spacial score (nSPS) is 16.6. The van der Waals surface area contributed by atoms with Crippen LogP contribution in [0, 0.1) is 0 Å². The van der Waals surface area contributed by atoms with Crippen LogP contribution in [0.3, 0.4) is 0 Å². The van der Waals surface area contributed by atoms with Crippen LogP contribution in [0.1, 0.15) is 57.8 Å². The van der Waals surface area contributed by atoms with E-state index in [2.05, 4.69) is 5.32 Å². The predicted molar refractivity (Wildman–Crippen MR) is 69.8 cm³/mol.